The highest BCUT2D eigenvalue weighted by molar-refractivity contribution is 5.70. The van der Waals surface area contributed by atoms with E-state index in [4.69, 9.17) is 0 Å². The summed E-state index contributed by atoms with van der Waals surface area (Å²) in [6, 6.07) is 4.42. The molecule has 0 N–H and O–H groups in total. The van der Waals surface area contributed by atoms with Crippen molar-refractivity contribution in [2.24, 2.45) is 0 Å². The molecule has 1 aromatic carbocycles. The molecule has 0 heterocycles. The zero-order chi connectivity index (χ0) is 8.72. The summed E-state index contributed by atoms with van der Waals surface area (Å²) in [6.45, 7) is 6.37. The molecule has 0 saturated heterocycles. The molecule has 2 rings (SSSR count). The predicted molar refractivity (Wildman–Crippen MR) is 51.9 cm³/mol. The second-order valence-corrected chi connectivity index (χ2v) is 3.50. The van der Waals surface area contributed by atoms with Crippen LogP contribution < -0.4 is 0 Å². The summed E-state index contributed by atoms with van der Waals surface area (Å²) in [4.78, 5) is 0. The minimum atomic E-state index is 1.23. The Morgan fingerprint density at radius 1 is 1.08 bits per heavy atom. The summed E-state index contributed by atoms with van der Waals surface area (Å²) >= 11 is 0. The van der Waals surface area contributed by atoms with Crippen molar-refractivity contribution in [3.8, 4) is 0 Å². The first-order valence-electron chi connectivity index (χ1n) is 4.23. The third kappa shape index (κ3) is 1.08. The third-order valence-electron chi connectivity index (χ3n) is 2.20. The zero-order valence-corrected chi connectivity index (χ0v) is 7.73. The van der Waals surface area contributed by atoms with Crippen LogP contribution in [-0.4, -0.2) is 0 Å². The van der Waals surface area contributed by atoms with E-state index in [0.29, 0.717) is 0 Å². The Balaban J connectivity index is 2.61. The lowest BCUT2D eigenvalue weighted by Crippen LogP contribution is -1.87. The first-order valence-corrected chi connectivity index (χ1v) is 4.23. The topological polar surface area (TPSA) is 0 Å². The average Bonchev–Trinajstić information content (AvgIpc) is 2.29. The van der Waals surface area contributed by atoms with Crippen molar-refractivity contribution in [2.75, 3.05) is 0 Å². The largest absolute Gasteiger partial charge is 0.0596 e. The second kappa shape index (κ2) is 2.48. The summed E-state index contributed by atoms with van der Waals surface area (Å²) < 4.78 is 0. The molecule has 12 heavy (non-hydrogen) atoms. The van der Waals surface area contributed by atoms with Crippen LogP contribution in [0.3, 0.4) is 0 Å². The fraction of sp³-hybridized carbons (Fsp3) is 0.250. The Morgan fingerprint density at radius 3 is 2.58 bits per heavy atom. The lowest BCUT2D eigenvalue weighted by molar-refractivity contribution is 1.31. The molecular formula is C12H12. The van der Waals surface area contributed by atoms with Crippen LogP contribution in [0.4, 0.5) is 0 Å². The minimum absolute atomic E-state index is 1.23. The smallest absolute Gasteiger partial charge is 0.0464 e. The predicted octanol–water partition coefficient (Wildman–Crippen LogP) is 3.15. The molecule has 2 radical (unpaired) electrons. The quantitative estimate of drug-likeness (QED) is 0.541. The molecule has 0 aromatic heterocycles. The van der Waals surface area contributed by atoms with Gasteiger partial charge in [-0.15, -0.1) is 0 Å². The summed E-state index contributed by atoms with van der Waals surface area (Å²) in [6.07, 6.45) is 5.54. The molecule has 0 bridgehead atoms. The van der Waals surface area contributed by atoms with Gasteiger partial charge in [0.15, 0.2) is 0 Å². The van der Waals surface area contributed by atoms with Gasteiger partial charge in [0, 0.05) is 6.42 Å². The number of rotatable bonds is 0. The van der Waals surface area contributed by atoms with E-state index in [1.165, 1.54) is 27.8 Å². The Morgan fingerprint density at radius 2 is 1.83 bits per heavy atom. The Hall–Kier alpha value is -1.04. The van der Waals surface area contributed by atoms with E-state index in [0.717, 1.165) is 0 Å². The Labute approximate surface area is 73.9 Å². The van der Waals surface area contributed by atoms with Crippen molar-refractivity contribution in [2.45, 2.75) is 20.8 Å². The van der Waals surface area contributed by atoms with Crippen molar-refractivity contribution in [1.29, 1.82) is 0 Å². The fourth-order valence-corrected chi connectivity index (χ4v) is 1.75. The molecule has 1 aliphatic carbocycles. The third-order valence-corrected chi connectivity index (χ3v) is 2.20. The maximum Gasteiger partial charge on any atom is 0.0464 e. The van der Waals surface area contributed by atoms with Crippen molar-refractivity contribution >= 4 is 6.08 Å². The molecule has 0 fully saturated rings. The molecular weight excluding hydrogens is 144 g/mol. The molecule has 0 amide bonds. The highest BCUT2D eigenvalue weighted by Crippen LogP contribution is 2.29. The number of fused-ring (bicyclic) bond motifs is 1. The van der Waals surface area contributed by atoms with Gasteiger partial charge in [0.05, 0.1) is 0 Å². The van der Waals surface area contributed by atoms with Gasteiger partial charge in [-0.3, -0.25) is 0 Å². The van der Waals surface area contributed by atoms with Crippen molar-refractivity contribution in [1.82, 2.24) is 0 Å². The molecule has 1 aromatic rings. The van der Waals surface area contributed by atoms with Crippen LogP contribution >= 0.6 is 0 Å². The highest BCUT2D eigenvalue weighted by Gasteiger charge is 2.12. The molecule has 1 aliphatic rings. The molecule has 0 aliphatic heterocycles. The zero-order valence-electron chi connectivity index (χ0n) is 7.73. The molecule has 0 nitrogen and oxygen atoms in total. The average molecular weight is 156 g/mol. The van der Waals surface area contributed by atoms with Crippen LogP contribution in [0.25, 0.3) is 6.08 Å². The number of hydrogen-bond donors (Lipinski definition) is 0. The molecule has 0 atom stereocenters. The Bertz CT molecular complexity index is 357. The van der Waals surface area contributed by atoms with E-state index >= 15 is 0 Å². The number of benzene rings is 1. The van der Waals surface area contributed by atoms with Gasteiger partial charge in [0.1, 0.15) is 0 Å². The molecule has 60 valence electrons. The van der Waals surface area contributed by atoms with Gasteiger partial charge < -0.3 is 0 Å². The monoisotopic (exact) mass is 156 g/mol. The van der Waals surface area contributed by atoms with Gasteiger partial charge >= 0.3 is 0 Å². The maximum atomic E-state index is 3.35. The number of hydrogen-bond acceptors (Lipinski definition) is 0. The summed E-state index contributed by atoms with van der Waals surface area (Å²) in [5, 5.41) is 0. The van der Waals surface area contributed by atoms with Crippen LogP contribution in [0.5, 0.6) is 0 Å². The Kier molecular flexibility index (Phi) is 1.57. The molecule has 0 spiro atoms. The van der Waals surface area contributed by atoms with E-state index in [1.54, 1.807) is 0 Å². The highest BCUT2D eigenvalue weighted by atomic mass is 14.2. The van der Waals surface area contributed by atoms with Gasteiger partial charge in [-0.05, 0) is 37.5 Å². The van der Waals surface area contributed by atoms with E-state index in [2.05, 4.69) is 45.4 Å². The maximum absolute atomic E-state index is 3.35. The van der Waals surface area contributed by atoms with Crippen LogP contribution in [0.15, 0.2) is 17.7 Å². The van der Waals surface area contributed by atoms with E-state index < -0.39 is 0 Å². The van der Waals surface area contributed by atoms with E-state index in [9.17, 15) is 0 Å². The number of aryl methyl sites for hydroxylation is 2. The van der Waals surface area contributed by atoms with Crippen LogP contribution in [0, 0.1) is 20.3 Å². The van der Waals surface area contributed by atoms with Gasteiger partial charge in [0.25, 0.3) is 0 Å². The fourth-order valence-electron chi connectivity index (χ4n) is 1.75. The molecule has 0 unspecified atom stereocenters. The van der Waals surface area contributed by atoms with Crippen LogP contribution in [0.1, 0.15) is 29.2 Å². The van der Waals surface area contributed by atoms with Crippen molar-refractivity contribution in [3.05, 3.63) is 46.4 Å². The first kappa shape index (κ1) is 7.60. The first-order chi connectivity index (χ1) is 5.66. The molecule has 0 heteroatoms. The summed E-state index contributed by atoms with van der Waals surface area (Å²) in [5.41, 5.74) is 6.50. The lowest BCUT2D eigenvalue weighted by atomic mass is 10.0. The SMILES string of the molecule is CC1=Cc2cc(C)cc(C)c2[C]1. The van der Waals surface area contributed by atoms with E-state index in [-0.39, 0.29) is 0 Å². The lowest BCUT2D eigenvalue weighted by Gasteiger charge is -2.04. The summed E-state index contributed by atoms with van der Waals surface area (Å²) in [5.74, 6) is 0. The summed E-state index contributed by atoms with van der Waals surface area (Å²) in [7, 11) is 0. The van der Waals surface area contributed by atoms with Crippen LogP contribution in [0.2, 0.25) is 0 Å². The van der Waals surface area contributed by atoms with Crippen molar-refractivity contribution in [3.63, 3.8) is 0 Å². The van der Waals surface area contributed by atoms with Crippen LogP contribution in [-0.2, 0) is 0 Å². The standard InChI is InChI=1S/C12H12/c1-8-4-10(3)12-7-9(2)6-11(12)5-8/h4-6H,1-3H3. The van der Waals surface area contributed by atoms with Gasteiger partial charge in [-0.1, -0.05) is 29.3 Å². The minimum Gasteiger partial charge on any atom is -0.0596 e. The van der Waals surface area contributed by atoms with Gasteiger partial charge in [-0.2, -0.15) is 0 Å². The van der Waals surface area contributed by atoms with Gasteiger partial charge in [0.2, 0.25) is 0 Å². The van der Waals surface area contributed by atoms with E-state index in [1.807, 2.05) is 0 Å². The second-order valence-electron chi connectivity index (χ2n) is 3.50. The molecule has 0 saturated carbocycles. The van der Waals surface area contributed by atoms with Crippen molar-refractivity contribution < 1.29 is 0 Å². The normalized spacial score (nSPS) is 14.4. The number of allylic oxidation sites excluding steroid dienone is 1. The van der Waals surface area contributed by atoms with Gasteiger partial charge in [-0.25, -0.2) is 0 Å².